The second-order valence-electron chi connectivity index (χ2n) is 11.5. The molecular formula is C35H30N8O3. The Morgan fingerprint density at radius 3 is 2.72 bits per heavy atom. The first-order chi connectivity index (χ1) is 22.7. The minimum atomic E-state index is 0.147. The Morgan fingerprint density at radius 1 is 0.935 bits per heavy atom. The van der Waals surface area contributed by atoms with Crippen LogP contribution in [0.5, 0.6) is 11.6 Å². The Balaban J connectivity index is 1.16. The highest BCUT2D eigenvalue weighted by Crippen LogP contribution is 2.32. The van der Waals surface area contributed by atoms with E-state index in [1.807, 2.05) is 48.5 Å². The fourth-order valence-corrected chi connectivity index (χ4v) is 6.04. The molecule has 0 unspecified atom stereocenters. The van der Waals surface area contributed by atoms with Crippen LogP contribution in [0.15, 0.2) is 72.8 Å². The van der Waals surface area contributed by atoms with Gasteiger partial charge in [-0.1, -0.05) is 42.0 Å². The maximum absolute atomic E-state index is 7.47. The van der Waals surface area contributed by atoms with Crippen LogP contribution in [0.4, 0.5) is 5.69 Å². The number of rotatable bonds is 5. The molecule has 1 N–H and O–H groups in total. The number of aromatic nitrogens is 7. The summed E-state index contributed by atoms with van der Waals surface area (Å²) in [6.07, 6.45) is 3.29. The predicted octanol–water partition coefficient (Wildman–Crippen LogP) is 6.11. The largest absolute Gasteiger partial charge is 0.493 e. The second kappa shape index (κ2) is 12.1. The summed E-state index contributed by atoms with van der Waals surface area (Å²) in [5.41, 5.74) is 8.31. The van der Waals surface area contributed by atoms with Crippen molar-refractivity contribution in [3.63, 3.8) is 0 Å². The van der Waals surface area contributed by atoms with Crippen LogP contribution >= 0.6 is 0 Å². The zero-order chi connectivity index (χ0) is 30.9. The van der Waals surface area contributed by atoms with Gasteiger partial charge < -0.3 is 18.8 Å². The maximum atomic E-state index is 7.47. The molecule has 0 amide bonds. The van der Waals surface area contributed by atoms with Gasteiger partial charge in [0, 0.05) is 35.8 Å². The number of aryl methyl sites for hydroxylation is 1. The third-order valence-electron chi connectivity index (χ3n) is 8.59. The molecule has 11 nitrogen and oxygen atoms in total. The van der Waals surface area contributed by atoms with Crippen molar-refractivity contribution in [2.75, 3.05) is 13.2 Å². The summed E-state index contributed by atoms with van der Waals surface area (Å²) in [5, 5.41) is 14.6. The van der Waals surface area contributed by atoms with Crippen LogP contribution in [0.1, 0.15) is 35.4 Å². The van der Waals surface area contributed by atoms with E-state index in [0.717, 1.165) is 82.0 Å². The van der Waals surface area contributed by atoms with E-state index in [2.05, 4.69) is 54.3 Å². The van der Waals surface area contributed by atoms with Gasteiger partial charge in [0.25, 0.3) is 0 Å². The number of aromatic amines is 1. The highest BCUT2D eigenvalue weighted by atomic mass is 16.5. The monoisotopic (exact) mass is 610 g/mol. The number of ether oxygens (including phenoxy) is 3. The van der Waals surface area contributed by atoms with E-state index >= 15 is 0 Å². The predicted molar refractivity (Wildman–Crippen MR) is 171 cm³/mol. The molecule has 0 saturated carbocycles. The van der Waals surface area contributed by atoms with Gasteiger partial charge in [-0.15, -0.1) is 10.2 Å². The number of tetrazole rings is 1. The molecule has 2 aliphatic heterocycles. The smallest absolute Gasteiger partial charge is 0.214 e. The number of benzene rings is 3. The lowest BCUT2D eigenvalue weighted by atomic mass is 10.0. The van der Waals surface area contributed by atoms with Gasteiger partial charge in [-0.25, -0.2) is 14.8 Å². The lowest BCUT2D eigenvalue weighted by Crippen LogP contribution is -2.31. The highest BCUT2D eigenvalue weighted by Gasteiger charge is 2.23. The minimum Gasteiger partial charge on any atom is -0.493 e. The van der Waals surface area contributed by atoms with Gasteiger partial charge in [0.2, 0.25) is 11.7 Å². The van der Waals surface area contributed by atoms with Gasteiger partial charge in [0.1, 0.15) is 18.2 Å². The van der Waals surface area contributed by atoms with Crippen molar-refractivity contribution in [3.8, 4) is 34.3 Å². The van der Waals surface area contributed by atoms with Crippen molar-refractivity contribution in [2.24, 2.45) is 0 Å². The molecule has 3 aromatic carbocycles. The lowest BCUT2D eigenvalue weighted by Gasteiger charge is -2.27. The summed E-state index contributed by atoms with van der Waals surface area (Å²) in [4.78, 5) is 13.5. The average Bonchev–Trinajstić information content (AvgIpc) is 3.72. The molecular weight excluding hydrogens is 580 g/mol. The first kappa shape index (κ1) is 27.9. The van der Waals surface area contributed by atoms with Crippen LogP contribution in [0.25, 0.3) is 38.5 Å². The fourth-order valence-electron chi connectivity index (χ4n) is 6.04. The molecule has 1 saturated heterocycles. The Hall–Kier alpha value is -5.60. The number of H-pyrrole nitrogens is 1. The van der Waals surface area contributed by atoms with E-state index in [9.17, 15) is 0 Å². The Morgan fingerprint density at radius 2 is 1.87 bits per heavy atom. The van der Waals surface area contributed by atoms with Gasteiger partial charge in [0.05, 0.1) is 42.6 Å². The van der Waals surface area contributed by atoms with Gasteiger partial charge in [-0.3, -0.25) is 0 Å². The standard InChI is InChI=1S/C35H30N8O3/c1-36-27-11-9-26-21-46-34-6-2-5-29(38-34)23-7-8-24(32(18-23)45-14-3-4-22(26)16-27)19-33-37-30-12-10-25(35-39-41-42-40-35)17-31(30)43(33)20-28-13-15-44-28/h2,5-12,16-18,28H,3-4,13-15,19-21H2,(H,39,40,41,42)/t28-/m0/s1. The normalized spacial score (nSPS) is 15.9. The van der Waals surface area contributed by atoms with E-state index in [0.29, 0.717) is 43.6 Å². The van der Waals surface area contributed by atoms with Crippen molar-refractivity contribution in [1.29, 1.82) is 0 Å². The molecule has 2 aliphatic rings. The molecule has 11 heteroatoms. The lowest BCUT2D eigenvalue weighted by molar-refractivity contribution is -0.0589. The SMILES string of the molecule is [C-]#[N+]c1ccc2c(c1)CCCOc1cc(ccc1Cc1nc3ccc(-c4nn[nH]n4)cc3n1C[C@@H]1CCO1)-c1cccc(n1)OC2. The molecule has 6 aromatic rings. The average molecular weight is 611 g/mol. The van der Waals surface area contributed by atoms with Crippen LogP contribution in [0.2, 0.25) is 0 Å². The number of hydrogen-bond donors (Lipinski definition) is 1. The first-order valence-corrected chi connectivity index (χ1v) is 15.4. The maximum Gasteiger partial charge on any atom is 0.214 e. The second-order valence-corrected chi connectivity index (χ2v) is 11.5. The van der Waals surface area contributed by atoms with Crippen LogP contribution in [0, 0.1) is 6.57 Å². The summed E-state index contributed by atoms with van der Waals surface area (Å²) in [6.45, 7) is 9.87. The highest BCUT2D eigenvalue weighted by molar-refractivity contribution is 5.81. The number of imidazole rings is 1. The molecule has 5 heterocycles. The number of nitrogens with one attached hydrogen (secondary N) is 1. The third kappa shape index (κ3) is 5.55. The summed E-state index contributed by atoms with van der Waals surface area (Å²) in [5.74, 6) is 2.81. The molecule has 8 rings (SSSR count). The topological polar surface area (TPSA) is 117 Å². The number of nitrogens with zero attached hydrogens (tertiary/aromatic N) is 7. The van der Waals surface area contributed by atoms with Crippen molar-refractivity contribution < 1.29 is 14.2 Å². The van der Waals surface area contributed by atoms with Gasteiger partial charge in [-0.05, 0) is 60.4 Å². The molecule has 1 atom stereocenters. The Labute approximate surface area is 265 Å². The molecule has 228 valence electrons. The van der Waals surface area contributed by atoms with Crippen LogP contribution in [0.3, 0.4) is 0 Å². The number of pyridine rings is 1. The molecule has 46 heavy (non-hydrogen) atoms. The molecule has 4 bridgehead atoms. The molecule has 0 spiro atoms. The first-order valence-electron chi connectivity index (χ1n) is 15.4. The van der Waals surface area contributed by atoms with Gasteiger partial charge in [-0.2, -0.15) is 5.21 Å². The Bertz CT molecular complexity index is 2080. The quantitative estimate of drug-likeness (QED) is 0.232. The fraction of sp³-hybridized carbons (Fsp3) is 0.257. The van der Waals surface area contributed by atoms with E-state index in [-0.39, 0.29) is 6.10 Å². The van der Waals surface area contributed by atoms with Crippen LogP contribution < -0.4 is 9.47 Å². The van der Waals surface area contributed by atoms with E-state index < -0.39 is 0 Å². The molecule has 0 aliphatic carbocycles. The zero-order valence-corrected chi connectivity index (χ0v) is 25.0. The van der Waals surface area contributed by atoms with Crippen molar-refractivity contribution in [3.05, 3.63) is 107 Å². The molecule has 3 aromatic heterocycles. The van der Waals surface area contributed by atoms with Crippen molar-refractivity contribution in [2.45, 2.75) is 44.9 Å². The summed E-state index contributed by atoms with van der Waals surface area (Å²) < 4.78 is 20.7. The summed E-state index contributed by atoms with van der Waals surface area (Å²) in [6, 6.07) is 23.9. The number of fused-ring (bicyclic) bond motifs is 7. The van der Waals surface area contributed by atoms with Crippen LogP contribution in [-0.2, 0) is 30.7 Å². The zero-order valence-electron chi connectivity index (χ0n) is 25.0. The van der Waals surface area contributed by atoms with E-state index in [4.69, 9.17) is 30.8 Å². The van der Waals surface area contributed by atoms with E-state index in [1.54, 1.807) is 0 Å². The van der Waals surface area contributed by atoms with E-state index in [1.165, 1.54) is 0 Å². The Kier molecular flexibility index (Phi) is 7.32. The van der Waals surface area contributed by atoms with Gasteiger partial charge >= 0.3 is 0 Å². The van der Waals surface area contributed by atoms with Crippen LogP contribution in [-0.4, -0.2) is 54.5 Å². The summed E-state index contributed by atoms with van der Waals surface area (Å²) in [7, 11) is 0. The molecule has 1 fully saturated rings. The summed E-state index contributed by atoms with van der Waals surface area (Å²) >= 11 is 0. The minimum absolute atomic E-state index is 0.147. The number of hydrogen-bond acceptors (Lipinski definition) is 8. The van der Waals surface area contributed by atoms with Crippen molar-refractivity contribution >= 4 is 16.7 Å². The van der Waals surface area contributed by atoms with Crippen molar-refractivity contribution in [1.82, 2.24) is 35.2 Å². The molecule has 0 radical (unpaired) electrons. The third-order valence-corrected chi connectivity index (χ3v) is 8.59. The van der Waals surface area contributed by atoms with Gasteiger partial charge in [0.15, 0.2) is 5.69 Å².